The Labute approximate surface area is 289 Å². The van der Waals surface area contributed by atoms with Gasteiger partial charge >= 0.3 is 5.97 Å². The van der Waals surface area contributed by atoms with E-state index >= 15 is 0 Å². The van der Waals surface area contributed by atoms with Crippen LogP contribution in [0.2, 0.25) is 0 Å². The number of aromatic carboxylic acids is 1. The topological polar surface area (TPSA) is 149 Å². The predicted molar refractivity (Wildman–Crippen MR) is 188 cm³/mol. The fourth-order valence-corrected chi connectivity index (χ4v) is 7.38. The summed E-state index contributed by atoms with van der Waals surface area (Å²) in [5.74, 6) is 1.01. The van der Waals surface area contributed by atoms with Gasteiger partial charge in [0.25, 0.3) is 5.91 Å². The molecule has 6 rings (SSSR count). The van der Waals surface area contributed by atoms with E-state index in [1.54, 1.807) is 48.5 Å². The third kappa shape index (κ3) is 7.99. The predicted octanol–water partition coefficient (Wildman–Crippen LogP) is 7.27. The molecule has 5 aromatic rings. The van der Waals surface area contributed by atoms with Crippen molar-refractivity contribution < 1.29 is 42.1 Å². The Hall–Kier alpha value is -5.59. The van der Waals surface area contributed by atoms with Gasteiger partial charge in [-0.05, 0) is 109 Å². The van der Waals surface area contributed by atoms with Gasteiger partial charge in [0, 0.05) is 17.7 Å². The lowest BCUT2D eigenvalue weighted by Crippen LogP contribution is -2.39. The zero-order valence-electron chi connectivity index (χ0n) is 27.4. The van der Waals surface area contributed by atoms with Crippen LogP contribution < -0.4 is 29.0 Å². The van der Waals surface area contributed by atoms with Gasteiger partial charge in [0.15, 0.2) is 0 Å². The molecule has 1 aliphatic carbocycles. The highest BCUT2D eigenvalue weighted by molar-refractivity contribution is 7.89. The van der Waals surface area contributed by atoms with Crippen molar-refractivity contribution in [1.29, 1.82) is 0 Å². The summed E-state index contributed by atoms with van der Waals surface area (Å²) in [6.45, 7) is 0. The number of amides is 1. The summed E-state index contributed by atoms with van der Waals surface area (Å²) in [4.78, 5) is 24.2. The van der Waals surface area contributed by atoms with Crippen molar-refractivity contribution in [1.82, 2.24) is 4.72 Å². The van der Waals surface area contributed by atoms with Crippen LogP contribution in [0.1, 0.15) is 46.4 Å². The molecule has 0 atom stereocenters. The molecule has 1 fully saturated rings. The van der Waals surface area contributed by atoms with Crippen LogP contribution in [0.3, 0.4) is 0 Å². The van der Waals surface area contributed by atoms with Crippen LogP contribution in [0.15, 0.2) is 108 Å². The van der Waals surface area contributed by atoms with Gasteiger partial charge in [0.1, 0.15) is 33.6 Å². The Morgan fingerprint density at radius 1 is 0.720 bits per heavy atom. The lowest BCUT2D eigenvalue weighted by molar-refractivity contribution is 0.0698. The second kappa shape index (κ2) is 14.9. The van der Waals surface area contributed by atoms with E-state index in [-0.39, 0.29) is 34.0 Å². The van der Waals surface area contributed by atoms with Gasteiger partial charge in [-0.15, -0.1) is 0 Å². The number of methoxy groups -OCH3 is 2. The van der Waals surface area contributed by atoms with Crippen molar-refractivity contribution >= 4 is 38.4 Å². The van der Waals surface area contributed by atoms with Gasteiger partial charge in [-0.3, -0.25) is 4.79 Å². The number of ether oxygens (including phenoxy) is 4. The van der Waals surface area contributed by atoms with Gasteiger partial charge in [-0.25, -0.2) is 17.9 Å². The normalized spacial score (nSPS) is 16.0. The molecule has 0 radical (unpaired) electrons. The molecule has 0 aliphatic heterocycles. The number of carboxylic acids is 1. The van der Waals surface area contributed by atoms with Crippen LogP contribution in [0.5, 0.6) is 28.7 Å². The number of carboxylic acid groups (broad SMARTS) is 1. The first-order chi connectivity index (χ1) is 24.1. The Balaban J connectivity index is 1.02. The average molecular weight is 697 g/mol. The maximum atomic E-state index is 13.2. The second-order valence-corrected chi connectivity index (χ2v) is 13.5. The molecule has 12 heteroatoms. The van der Waals surface area contributed by atoms with Crippen LogP contribution in [0.25, 0.3) is 10.8 Å². The van der Waals surface area contributed by atoms with E-state index in [9.17, 15) is 23.1 Å². The standard InChI is InChI=1S/C38H36N2O9S/c1-46-30-19-20-35(47-2)36(23-30)50(44,45)40-27-11-17-29(18-12-27)49-32-16-10-25-21-31(15-9-26(25)22-32)48-28-13-7-24(8-14-28)37(41)39-34-6-4-3-5-33(34)38(42)43/h3-10,13-16,19-23,27,29,40H,11-12,17-18H2,1-2H3,(H,39,41)(H,42,43). The molecule has 0 spiro atoms. The van der Waals surface area contributed by atoms with Crippen molar-refractivity contribution in [3.8, 4) is 28.7 Å². The summed E-state index contributed by atoms with van der Waals surface area (Å²) >= 11 is 0. The van der Waals surface area contributed by atoms with Crippen LogP contribution in [-0.2, 0) is 10.0 Å². The molecule has 11 nitrogen and oxygen atoms in total. The van der Waals surface area contributed by atoms with Gasteiger partial charge in [0.05, 0.1) is 31.6 Å². The van der Waals surface area contributed by atoms with Gasteiger partial charge in [-0.1, -0.05) is 24.3 Å². The van der Waals surface area contributed by atoms with Crippen molar-refractivity contribution in [3.63, 3.8) is 0 Å². The minimum absolute atomic E-state index is 0.00854. The number of hydrogen-bond acceptors (Lipinski definition) is 8. The summed E-state index contributed by atoms with van der Waals surface area (Å²) in [6, 6.07) is 28.8. The number of benzene rings is 5. The molecular formula is C38H36N2O9S. The minimum Gasteiger partial charge on any atom is -0.497 e. The Morgan fingerprint density at radius 2 is 1.36 bits per heavy atom. The van der Waals surface area contributed by atoms with E-state index in [0.717, 1.165) is 16.5 Å². The molecule has 50 heavy (non-hydrogen) atoms. The summed E-state index contributed by atoms with van der Waals surface area (Å²) in [5, 5.41) is 13.9. The lowest BCUT2D eigenvalue weighted by Gasteiger charge is -2.29. The van der Waals surface area contributed by atoms with E-state index in [1.807, 2.05) is 36.4 Å². The molecule has 0 aromatic heterocycles. The molecule has 1 aliphatic rings. The molecule has 0 bridgehead atoms. The number of hydrogen-bond donors (Lipinski definition) is 3. The summed E-state index contributed by atoms with van der Waals surface area (Å²) < 4.78 is 52.0. The monoisotopic (exact) mass is 696 g/mol. The number of para-hydroxylation sites is 1. The second-order valence-electron chi connectivity index (χ2n) is 11.8. The van der Waals surface area contributed by atoms with E-state index in [1.165, 1.54) is 32.4 Å². The van der Waals surface area contributed by atoms with Crippen molar-refractivity contribution in [2.24, 2.45) is 0 Å². The first-order valence-electron chi connectivity index (χ1n) is 16.0. The van der Waals surface area contributed by atoms with E-state index < -0.39 is 21.9 Å². The SMILES string of the molecule is COc1ccc(OC)c(S(=O)(=O)NC2CCC(Oc3ccc4cc(Oc5ccc(C(=O)Nc6ccccc6C(=O)O)cc5)ccc4c3)CC2)c1. The lowest BCUT2D eigenvalue weighted by atomic mass is 9.93. The van der Waals surface area contributed by atoms with Crippen LogP contribution in [-0.4, -0.2) is 51.8 Å². The zero-order chi connectivity index (χ0) is 35.3. The Kier molecular flexibility index (Phi) is 10.2. The number of sulfonamides is 1. The molecular weight excluding hydrogens is 660 g/mol. The fourth-order valence-electron chi connectivity index (χ4n) is 5.89. The molecule has 5 aromatic carbocycles. The highest BCUT2D eigenvalue weighted by atomic mass is 32.2. The third-order valence-corrected chi connectivity index (χ3v) is 10.0. The molecule has 1 amide bonds. The minimum atomic E-state index is -3.82. The number of anilines is 1. The van der Waals surface area contributed by atoms with Crippen LogP contribution in [0.4, 0.5) is 5.69 Å². The van der Waals surface area contributed by atoms with E-state index in [4.69, 9.17) is 18.9 Å². The summed E-state index contributed by atoms with van der Waals surface area (Å²) in [5.41, 5.74) is 0.581. The molecule has 1 saturated carbocycles. The largest absolute Gasteiger partial charge is 0.497 e. The van der Waals surface area contributed by atoms with Gasteiger partial charge < -0.3 is 29.4 Å². The zero-order valence-corrected chi connectivity index (χ0v) is 28.2. The van der Waals surface area contributed by atoms with Gasteiger partial charge in [0.2, 0.25) is 10.0 Å². The Morgan fingerprint density at radius 3 is 2.04 bits per heavy atom. The third-order valence-electron chi connectivity index (χ3n) is 8.50. The van der Waals surface area contributed by atoms with Crippen molar-refractivity contribution in [3.05, 3.63) is 114 Å². The van der Waals surface area contributed by atoms with Gasteiger partial charge in [-0.2, -0.15) is 0 Å². The van der Waals surface area contributed by atoms with Crippen LogP contribution in [0, 0.1) is 0 Å². The molecule has 3 N–H and O–H groups in total. The smallest absolute Gasteiger partial charge is 0.337 e. The number of carbonyl (C=O) groups excluding carboxylic acids is 1. The van der Waals surface area contributed by atoms with E-state index in [2.05, 4.69) is 10.0 Å². The maximum Gasteiger partial charge on any atom is 0.337 e. The average Bonchev–Trinajstić information content (AvgIpc) is 3.12. The Bertz CT molecular complexity index is 2130. The first kappa shape index (κ1) is 34.3. The fraction of sp³-hybridized carbons (Fsp3) is 0.211. The summed E-state index contributed by atoms with van der Waals surface area (Å²) in [7, 11) is -0.901. The van der Waals surface area contributed by atoms with E-state index in [0.29, 0.717) is 48.5 Å². The number of carbonyl (C=O) groups is 2. The molecule has 0 unspecified atom stereocenters. The first-order valence-corrected chi connectivity index (χ1v) is 17.5. The summed E-state index contributed by atoms with van der Waals surface area (Å²) in [6.07, 6.45) is 2.62. The number of nitrogens with one attached hydrogen (secondary N) is 2. The molecule has 0 saturated heterocycles. The quantitative estimate of drug-likeness (QED) is 0.122. The molecule has 258 valence electrons. The van der Waals surface area contributed by atoms with Crippen molar-refractivity contribution in [2.75, 3.05) is 19.5 Å². The number of rotatable bonds is 12. The van der Waals surface area contributed by atoms with Crippen molar-refractivity contribution in [2.45, 2.75) is 42.7 Å². The maximum absolute atomic E-state index is 13.2. The number of fused-ring (bicyclic) bond motifs is 1. The molecule has 0 heterocycles. The highest BCUT2D eigenvalue weighted by Crippen LogP contribution is 2.32. The highest BCUT2D eigenvalue weighted by Gasteiger charge is 2.29. The van der Waals surface area contributed by atoms with Crippen LogP contribution >= 0.6 is 0 Å².